The summed E-state index contributed by atoms with van der Waals surface area (Å²) in [5.41, 5.74) is 17.2. The Morgan fingerprint density at radius 3 is 0.967 bits per heavy atom. The number of aliphatic imine (C=N–C) groups is 2. The minimum atomic E-state index is 0.717. The van der Waals surface area contributed by atoms with Crippen molar-refractivity contribution in [2.24, 2.45) is 9.98 Å². The molecular formula is C56H36N4. The van der Waals surface area contributed by atoms with E-state index in [1.807, 2.05) is 36.4 Å². The van der Waals surface area contributed by atoms with Gasteiger partial charge in [-0.05, 0) is 80.9 Å². The van der Waals surface area contributed by atoms with Crippen molar-refractivity contribution >= 4 is 44.6 Å². The second kappa shape index (κ2) is 15.0. The van der Waals surface area contributed by atoms with E-state index in [0.717, 1.165) is 78.0 Å². The van der Waals surface area contributed by atoms with Gasteiger partial charge in [-0.3, -0.25) is 0 Å². The summed E-state index contributed by atoms with van der Waals surface area (Å²) in [5.74, 6) is 0. The molecule has 0 bridgehead atoms. The zero-order chi connectivity index (χ0) is 39.8. The fourth-order valence-corrected chi connectivity index (χ4v) is 8.14. The van der Waals surface area contributed by atoms with Gasteiger partial charge in [-0.25, -0.2) is 20.0 Å². The zero-order valence-corrected chi connectivity index (χ0v) is 32.6. The monoisotopic (exact) mass is 764 g/mol. The molecule has 3 heterocycles. The molecule has 10 aromatic rings. The molecular weight excluding hydrogens is 729 g/mol. The van der Waals surface area contributed by atoms with Gasteiger partial charge in [-0.2, -0.15) is 0 Å². The molecule has 0 saturated heterocycles. The van der Waals surface area contributed by atoms with Crippen LogP contribution < -0.4 is 0 Å². The van der Waals surface area contributed by atoms with E-state index < -0.39 is 0 Å². The Morgan fingerprint density at radius 2 is 0.550 bits per heavy atom. The quantitative estimate of drug-likeness (QED) is 0.169. The van der Waals surface area contributed by atoms with Gasteiger partial charge < -0.3 is 0 Å². The molecule has 0 unspecified atom stereocenters. The van der Waals surface area contributed by atoms with Crippen molar-refractivity contribution in [1.29, 1.82) is 0 Å². The normalized spacial score (nSPS) is 12.2. The molecule has 0 atom stereocenters. The molecule has 0 fully saturated rings. The first-order valence-electron chi connectivity index (χ1n) is 20.2. The highest BCUT2D eigenvalue weighted by atomic mass is 14.9. The average molecular weight is 765 g/mol. The van der Waals surface area contributed by atoms with E-state index in [1.54, 1.807) is 0 Å². The maximum atomic E-state index is 5.56. The topological polar surface area (TPSA) is 50.5 Å². The Bertz CT molecular complexity index is 3050. The van der Waals surface area contributed by atoms with Crippen LogP contribution in [0, 0.1) is 0 Å². The van der Waals surface area contributed by atoms with E-state index in [4.69, 9.17) is 20.0 Å². The number of para-hydroxylation sites is 2. The predicted octanol–water partition coefficient (Wildman–Crippen LogP) is 14.1. The van der Waals surface area contributed by atoms with Crippen molar-refractivity contribution in [3.8, 4) is 44.5 Å². The Balaban J connectivity index is 1.08. The van der Waals surface area contributed by atoms with Gasteiger partial charge in [0.05, 0.1) is 33.8 Å². The molecule has 1 aliphatic heterocycles. The third kappa shape index (κ3) is 6.66. The lowest BCUT2D eigenvalue weighted by Gasteiger charge is -2.19. The number of nitrogens with zero attached hydrogens (tertiary/aromatic N) is 4. The van der Waals surface area contributed by atoms with Crippen LogP contribution in [0.4, 0.5) is 11.4 Å². The highest BCUT2D eigenvalue weighted by molar-refractivity contribution is 6.23. The van der Waals surface area contributed by atoms with Crippen molar-refractivity contribution in [3.63, 3.8) is 0 Å². The second-order valence-electron chi connectivity index (χ2n) is 15.1. The van der Waals surface area contributed by atoms with Crippen LogP contribution in [0.5, 0.6) is 0 Å². The van der Waals surface area contributed by atoms with E-state index in [2.05, 4.69) is 182 Å². The van der Waals surface area contributed by atoms with Gasteiger partial charge in [0.25, 0.3) is 0 Å². The fraction of sp³-hybridized carbons (Fsp3) is 0. The molecule has 11 rings (SSSR count). The lowest BCUT2D eigenvalue weighted by atomic mass is 9.95. The molecule has 2 aromatic heterocycles. The number of pyridine rings is 2. The minimum Gasteiger partial charge on any atom is -0.244 e. The SMILES string of the molecule is c1ccc(-c2ccc(-c3cccc(C4=Nc5cc6ccccc6nc5C(c5cccc(-c6ccc(-c7ccccc7)cc6)c5)=Nc5cc6ccccc6nc54)c3)cc2)cc1. The number of benzene rings is 8. The number of aromatic nitrogens is 2. The molecule has 1 aliphatic rings. The Hall–Kier alpha value is -8.08. The van der Waals surface area contributed by atoms with Gasteiger partial charge in [-0.15, -0.1) is 0 Å². The summed E-state index contributed by atoms with van der Waals surface area (Å²) < 4.78 is 0. The first-order valence-corrected chi connectivity index (χ1v) is 20.2. The maximum absolute atomic E-state index is 5.56. The van der Waals surface area contributed by atoms with Gasteiger partial charge in [-0.1, -0.05) is 182 Å². The average Bonchev–Trinajstić information content (AvgIpc) is 3.32. The first-order chi connectivity index (χ1) is 29.7. The van der Waals surface area contributed by atoms with Crippen molar-refractivity contribution in [2.75, 3.05) is 0 Å². The van der Waals surface area contributed by atoms with Crippen molar-refractivity contribution in [1.82, 2.24) is 9.97 Å². The minimum absolute atomic E-state index is 0.717. The van der Waals surface area contributed by atoms with Crippen LogP contribution >= 0.6 is 0 Å². The van der Waals surface area contributed by atoms with Crippen LogP contribution in [0.1, 0.15) is 22.5 Å². The molecule has 4 nitrogen and oxygen atoms in total. The first kappa shape index (κ1) is 35.1. The van der Waals surface area contributed by atoms with Gasteiger partial charge in [0, 0.05) is 21.9 Å². The molecule has 0 N–H and O–H groups in total. The van der Waals surface area contributed by atoms with E-state index in [9.17, 15) is 0 Å². The molecule has 0 saturated carbocycles. The van der Waals surface area contributed by atoms with Gasteiger partial charge in [0.2, 0.25) is 0 Å². The van der Waals surface area contributed by atoms with Crippen LogP contribution in [0.2, 0.25) is 0 Å². The Kier molecular flexibility index (Phi) is 8.79. The number of hydrogen-bond donors (Lipinski definition) is 0. The smallest absolute Gasteiger partial charge is 0.116 e. The molecule has 0 spiro atoms. The molecule has 0 aliphatic carbocycles. The van der Waals surface area contributed by atoms with E-state index in [0.29, 0.717) is 11.4 Å². The van der Waals surface area contributed by atoms with E-state index in [1.165, 1.54) is 22.3 Å². The Morgan fingerprint density at radius 1 is 0.233 bits per heavy atom. The molecule has 8 aromatic carbocycles. The van der Waals surface area contributed by atoms with Crippen LogP contribution in [0.25, 0.3) is 66.3 Å². The van der Waals surface area contributed by atoms with Crippen molar-refractivity contribution < 1.29 is 0 Å². The highest BCUT2D eigenvalue weighted by Crippen LogP contribution is 2.37. The summed E-state index contributed by atoms with van der Waals surface area (Å²) in [6.07, 6.45) is 0. The van der Waals surface area contributed by atoms with E-state index in [-0.39, 0.29) is 0 Å². The maximum Gasteiger partial charge on any atom is 0.116 e. The summed E-state index contributed by atoms with van der Waals surface area (Å²) in [6.45, 7) is 0. The molecule has 280 valence electrons. The molecule has 0 amide bonds. The third-order valence-electron chi connectivity index (χ3n) is 11.2. The highest BCUT2D eigenvalue weighted by Gasteiger charge is 2.24. The molecule has 60 heavy (non-hydrogen) atoms. The van der Waals surface area contributed by atoms with Gasteiger partial charge in [0.1, 0.15) is 11.4 Å². The summed E-state index contributed by atoms with van der Waals surface area (Å²) in [4.78, 5) is 21.8. The van der Waals surface area contributed by atoms with Crippen LogP contribution in [0.15, 0.2) is 228 Å². The number of hydrogen-bond acceptors (Lipinski definition) is 4. The lowest BCUT2D eigenvalue weighted by Crippen LogP contribution is -2.13. The van der Waals surface area contributed by atoms with Gasteiger partial charge >= 0.3 is 0 Å². The van der Waals surface area contributed by atoms with Gasteiger partial charge in [0.15, 0.2) is 0 Å². The molecule has 0 radical (unpaired) electrons. The van der Waals surface area contributed by atoms with Crippen molar-refractivity contribution in [3.05, 3.63) is 241 Å². The summed E-state index contributed by atoms with van der Waals surface area (Å²) in [5, 5.41) is 2.01. The largest absolute Gasteiger partial charge is 0.244 e. The third-order valence-corrected chi connectivity index (χ3v) is 11.2. The van der Waals surface area contributed by atoms with Crippen LogP contribution in [-0.2, 0) is 0 Å². The number of fused-ring (bicyclic) bond motifs is 4. The van der Waals surface area contributed by atoms with E-state index >= 15 is 0 Å². The predicted molar refractivity (Wildman–Crippen MR) is 249 cm³/mol. The second-order valence-corrected chi connectivity index (χ2v) is 15.1. The van der Waals surface area contributed by atoms with Crippen LogP contribution in [-0.4, -0.2) is 21.4 Å². The standard InChI is InChI=1S/C56H36N4/c1-3-13-37(14-4-1)39-25-29-41(30-26-39)43-19-11-21-47(33-43)53-55-51(35-45-17-7-9-23-49(45)57-55)60-54(56-52(59-53)36-46-18-8-10-24-50(46)58-56)48-22-12-20-44(34-48)42-31-27-40(28-32-42)38-15-5-2-6-16-38/h1-36H. The summed E-state index contributed by atoms with van der Waals surface area (Å²) in [7, 11) is 0. The summed E-state index contributed by atoms with van der Waals surface area (Å²) >= 11 is 0. The summed E-state index contributed by atoms with van der Waals surface area (Å²) in [6, 6.07) is 76.3. The van der Waals surface area contributed by atoms with Crippen LogP contribution in [0.3, 0.4) is 0 Å². The number of rotatable bonds is 6. The fourth-order valence-electron chi connectivity index (χ4n) is 8.14. The van der Waals surface area contributed by atoms with Crippen molar-refractivity contribution in [2.45, 2.75) is 0 Å². The molecule has 4 heteroatoms. The Labute approximate surface area is 348 Å². The lowest BCUT2D eigenvalue weighted by molar-refractivity contribution is 1.27. The zero-order valence-electron chi connectivity index (χ0n) is 32.6.